The largest absolute Gasteiger partial charge is 0.455 e. The Morgan fingerprint density at radius 3 is 1.66 bits per heavy atom. The minimum absolute atomic E-state index is 0.532. The lowest BCUT2D eigenvalue weighted by Gasteiger charge is -2.13. The van der Waals surface area contributed by atoms with Crippen molar-refractivity contribution in [2.24, 2.45) is 0 Å². The first-order valence-corrected chi connectivity index (χ1v) is 20.5. The van der Waals surface area contributed by atoms with Gasteiger partial charge in [0.25, 0.3) is 0 Å². The zero-order valence-electron chi connectivity index (χ0n) is 32.7. The van der Waals surface area contributed by atoms with Crippen LogP contribution in [-0.2, 0) is 0 Å². The lowest BCUT2D eigenvalue weighted by molar-refractivity contribution is 0.669. The lowest BCUT2D eigenvalue weighted by Crippen LogP contribution is -2.02. The average molecular weight is 780 g/mol. The van der Waals surface area contributed by atoms with Crippen LogP contribution >= 0.6 is 0 Å². The molecule has 4 heterocycles. The minimum Gasteiger partial charge on any atom is -0.455 e. The first-order chi connectivity index (χ1) is 30.2. The fourth-order valence-corrected chi connectivity index (χ4v) is 9.35. The molecule has 0 bridgehead atoms. The second-order valence-electron chi connectivity index (χ2n) is 15.6. The summed E-state index contributed by atoms with van der Waals surface area (Å²) in [5.41, 5.74) is 10.7. The van der Waals surface area contributed by atoms with Crippen molar-refractivity contribution in [2.45, 2.75) is 0 Å². The van der Waals surface area contributed by atoms with Crippen molar-refractivity contribution in [1.82, 2.24) is 24.1 Å². The van der Waals surface area contributed by atoms with Crippen molar-refractivity contribution in [2.75, 3.05) is 0 Å². The van der Waals surface area contributed by atoms with Crippen molar-refractivity contribution >= 4 is 76.3 Å². The second-order valence-corrected chi connectivity index (χ2v) is 15.6. The molecule has 0 N–H and O–H groups in total. The number of benzene rings is 9. The minimum atomic E-state index is 0.532. The second kappa shape index (κ2) is 13.1. The Kier molecular flexibility index (Phi) is 7.21. The standard InChI is InChI=1S/C55H33N5O/c1-3-15-34(16-4-1)53-56-54(37-27-28-42-40-21-9-12-24-47(40)59(49(42)31-37)38-19-5-2-6-20-38)58-55(57-53)46-33-39(32-45-43-23-11-14-26-51(43)61-52(45)46)60-48-25-13-10-22-41(48)44-29-35-17-7-8-18-36(35)30-50(44)60/h1-33H. The Balaban J connectivity index is 1.10. The molecule has 9 aromatic carbocycles. The van der Waals surface area contributed by atoms with Crippen LogP contribution in [0.5, 0.6) is 0 Å². The summed E-state index contributed by atoms with van der Waals surface area (Å²) in [6.07, 6.45) is 0. The summed E-state index contributed by atoms with van der Waals surface area (Å²) < 4.78 is 11.5. The number of rotatable bonds is 5. The van der Waals surface area contributed by atoms with E-state index < -0.39 is 0 Å². The highest BCUT2D eigenvalue weighted by molar-refractivity contribution is 6.15. The van der Waals surface area contributed by atoms with E-state index in [-0.39, 0.29) is 0 Å². The van der Waals surface area contributed by atoms with Gasteiger partial charge < -0.3 is 13.6 Å². The summed E-state index contributed by atoms with van der Waals surface area (Å²) in [5, 5.41) is 9.17. The molecule has 4 aromatic heterocycles. The molecule has 284 valence electrons. The van der Waals surface area contributed by atoms with Crippen molar-refractivity contribution in [3.63, 3.8) is 0 Å². The van der Waals surface area contributed by atoms with Crippen LogP contribution < -0.4 is 0 Å². The predicted molar refractivity (Wildman–Crippen MR) is 250 cm³/mol. The van der Waals surface area contributed by atoms with Gasteiger partial charge in [-0.1, -0.05) is 140 Å². The van der Waals surface area contributed by atoms with Crippen LogP contribution in [0.4, 0.5) is 0 Å². The molecule has 13 aromatic rings. The maximum Gasteiger partial charge on any atom is 0.167 e. The van der Waals surface area contributed by atoms with Crippen LogP contribution in [0.25, 0.3) is 122 Å². The quantitative estimate of drug-likeness (QED) is 0.175. The van der Waals surface area contributed by atoms with E-state index in [9.17, 15) is 0 Å². The normalized spacial score (nSPS) is 11.9. The van der Waals surface area contributed by atoms with Crippen molar-refractivity contribution < 1.29 is 4.42 Å². The zero-order valence-corrected chi connectivity index (χ0v) is 32.7. The van der Waals surface area contributed by atoms with E-state index in [1.807, 2.05) is 30.3 Å². The van der Waals surface area contributed by atoms with Crippen LogP contribution in [0.15, 0.2) is 205 Å². The number of aromatic nitrogens is 5. The molecule has 0 unspecified atom stereocenters. The van der Waals surface area contributed by atoms with E-state index in [0.717, 1.165) is 77.5 Å². The van der Waals surface area contributed by atoms with E-state index in [0.29, 0.717) is 17.5 Å². The summed E-state index contributed by atoms with van der Waals surface area (Å²) in [6, 6.07) is 70.3. The van der Waals surface area contributed by atoms with Gasteiger partial charge in [0.2, 0.25) is 0 Å². The molecule has 6 nitrogen and oxygen atoms in total. The highest BCUT2D eigenvalue weighted by atomic mass is 16.3. The summed E-state index contributed by atoms with van der Waals surface area (Å²) in [4.78, 5) is 15.8. The number of fused-ring (bicyclic) bond motifs is 10. The molecular weight excluding hydrogens is 747 g/mol. The van der Waals surface area contributed by atoms with Gasteiger partial charge in [0.1, 0.15) is 11.2 Å². The van der Waals surface area contributed by atoms with E-state index in [1.165, 1.54) is 26.9 Å². The number of hydrogen-bond donors (Lipinski definition) is 0. The lowest BCUT2D eigenvalue weighted by atomic mass is 10.1. The third kappa shape index (κ3) is 5.19. The molecule has 13 rings (SSSR count). The van der Waals surface area contributed by atoms with E-state index in [2.05, 4.69) is 179 Å². The molecule has 0 saturated heterocycles. The topological polar surface area (TPSA) is 61.7 Å². The van der Waals surface area contributed by atoms with Crippen LogP contribution in [0.2, 0.25) is 0 Å². The Hall–Kier alpha value is -8.35. The predicted octanol–water partition coefficient (Wildman–Crippen LogP) is 14.1. The van der Waals surface area contributed by atoms with Crippen LogP contribution in [-0.4, -0.2) is 24.1 Å². The Morgan fingerprint density at radius 2 is 0.885 bits per heavy atom. The number of furan rings is 1. The molecule has 61 heavy (non-hydrogen) atoms. The van der Waals surface area contributed by atoms with Gasteiger partial charge in [-0.25, -0.2) is 15.0 Å². The first kappa shape index (κ1) is 33.6. The highest BCUT2D eigenvalue weighted by Crippen LogP contribution is 2.42. The molecule has 0 saturated carbocycles. The van der Waals surface area contributed by atoms with Gasteiger partial charge >= 0.3 is 0 Å². The molecule has 0 fully saturated rings. The molecular formula is C55H33N5O. The van der Waals surface area contributed by atoms with Gasteiger partial charge in [-0.3, -0.25) is 0 Å². The summed E-state index contributed by atoms with van der Waals surface area (Å²) in [5.74, 6) is 1.69. The third-order valence-corrected chi connectivity index (χ3v) is 12.1. The molecule has 0 aliphatic heterocycles. The molecule has 0 spiro atoms. The summed E-state index contributed by atoms with van der Waals surface area (Å²) >= 11 is 0. The van der Waals surface area contributed by atoms with Gasteiger partial charge in [-0.05, 0) is 71.4 Å². The Bertz CT molecular complexity index is 3880. The number of nitrogens with zero attached hydrogens (tertiary/aromatic N) is 5. The van der Waals surface area contributed by atoms with Crippen LogP contribution in [0.1, 0.15) is 0 Å². The number of hydrogen-bond acceptors (Lipinski definition) is 4. The van der Waals surface area contributed by atoms with Gasteiger partial charge in [0.15, 0.2) is 17.5 Å². The van der Waals surface area contributed by atoms with E-state index in [4.69, 9.17) is 19.4 Å². The van der Waals surface area contributed by atoms with Crippen LogP contribution in [0.3, 0.4) is 0 Å². The SMILES string of the molecule is c1ccc(-c2nc(-c3ccc4c5ccccc5n(-c5ccccc5)c4c3)nc(-c3cc(-n4c5ccccc5c5cc6ccccc6cc54)cc4c3oc3ccccc34)n2)cc1. The summed E-state index contributed by atoms with van der Waals surface area (Å²) in [7, 11) is 0. The molecule has 6 heteroatoms. The molecule has 0 amide bonds. The van der Waals surface area contributed by atoms with E-state index >= 15 is 0 Å². The highest BCUT2D eigenvalue weighted by Gasteiger charge is 2.22. The van der Waals surface area contributed by atoms with Gasteiger partial charge in [0, 0.05) is 54.8 Å². The van der Waals surface area contributed by atoms with Crippen molar-refractivity contribution in [3.8, 4) is 45.5 Å². The maximum absolute atomic E-state index is 6.78. The van der Waals surface area contributed by atoms with Gasteiger partial charge in [-0.15, -0.1) is 0 Å². The number of para-hydroxylation sites is 4. The van der Waals surface area contributed by atoms with Crippen LogP contribution in [0, 0.1) is 0 Å². The first-order valence-electron chi connectivity index (χ1n) is 20.5. The van der Waals surface area contributed by atoms with Crippen molar-refractivity contribution in [3.05, 3.63) is 200 Å². The monoisotopic (exact) mass is 779 g/mol. The molecule has 0 radical (unpaired) electrons. The average Bonchev–Trinajstić information content (AvgIpc) is 3.98. The third-order valence-electron chi connectivity index (χ3n) is 12.1. The Morgan fingerprint density at radius 1 is 0.328 bits per heavy atom. The van der Waals surface area contributed by atoms with Gasteiger partial charge in [0.05, 0.1) is 27.6 Å². The molecule has 0 aliphatic rings. The fraction of sp³-hybridized carbons (Fsp3) is 0. The summed E-state index contributed by atoms with van der Waals surface area (Å²) in [6.45, 7) is 0. The smallest absolute Gasteiger partial charge is 0.167 e. The molecule has 0 atom stereocenters. The molecule has 0 aliphatic carbocycles. The van der Waals surface area contributed by atoms with E-state index in [1.54, 1.807) is 0 Å². The van der Waals surface area contributed by atoms with Gasteiger partial charge in [-0.2, -0.15) is 0 Å². The Labute approximate surface area is 349 Å². The zero-order chi connectivity index (χ0) is 40.0. The maximum atomic E-state index is 6.78. The fourth-order valence-electron chi connectivity index (χ4n) is 9.35. The van der Waals surface area contributed by atoms with Crippen molar-refractivity contribution in [1.29, 1.82) is 0 Å².